The predicted molar refractivity (Wildman–Crippen MR) is 89.4 cm³/mol. The Morgan fingerprint density at radius 2 is 2.10 bits per heavy atom. The van der Waals surface area contributed by atoms with Gasteiger partial charge in [0.2, 0.25) is 5.91 Å². The molecule has 118 valence electrons. The van der Waals surface area contributed by atoms with Crippen LogP contribution >= 0.6 is 11.3 Å². The van der Waals surface area contributed by atoms with E-state index in [9.17, 15) is 4.79 Å². The second-order valence-electron chi connectivity index (χ2n) is 6.40. The number of thiophene rings is 1. The number of hydrogen-bond acceptors (Lipinski definition) is 3. The number of nitrogens with zero attached hydrogens (tertiary/aromatic N) is 1. The first kappa shape index (κ1) is 16.5. The maximum atomic E-state index is 12.5. The minimum absolute atomic E-state index is 0.0116. The molecule has 1 aromatic heterocycles. The second-order valence-corrected chi connectivity index (χ2v) is 7.72. The Bertz CT molecular complexity index is 469. The highest BCUT2D eigenvalue weighted by molar-refractivity contribution is 7.12. The Kier molecular flexibility index (Phi) is 5.82. The van der Waals surface area contributed by atoms with Crippen LogP contribution in [-0.2, 0) is 4.79 Å². The average molecular weight is 308 g/mol. The largest absolute Gasteiger partial charge is 0.321 e. The Labute approximate surface area is 132 Å². The lowest BCUT2D eigenvalue weighted by atomic mass is 10.1. The van der Waals surface area contributed by atoms with Crippen LogP contribution in [0.1, 0.15) is 62.4 Å². The van der Waals surface area contributed by atoms with Crippen molar-refractivity contribution in [2.24, 2.45) is 5.92 Å². The minimum Gasteiger partial charge on any atom is -0.321 e. The van der Waals surface area contributed by atoms with Crippen LogP contribution in [0.5, 0.6) is 0 Å². The third-order valence-electron chi connectivity index (χ3n) is 4.12. The number of amides is 1. The van der Waals surface area contributed by atoms with Gasteiger partial charge in [-0.15, -0.1) is 11.3 Å². The molecule has 3 nitrogen and oxygen atoms in total. The summed E-state index contributed by atoms with van der Waals surface area (Å²) in [4.78, 5) is 17.1. The summed E-state index contributed by atoms with van der Waals surface area (Å²) in [5, 5.41) is 3.51. The van der Waals surface area contributed by atoms with E-state index in [0.29, 0.717) is 0 Å². The van der Waals surface area contributed by atoms with E-state index in [0.717, 1.165) is 25.3 Å². The van der Waals surface area contributed by atoms with Crippen LogP contribution in [0.15, 0.2) is 12.1 Å². The Morgan fingerprint density at radius 3 is 2.67 bits per heavy atom. The van der Waals surface area contributed by atoms with Crippen LogP contribution < -0.4 is 5.32 Å². The molecule has 1 fully saturated rings. The van der Waals surface area contributed by atoms with Crippen LogP contribution in [0.25, 0.3) is 0 Å². The van der Waals surface area contributed by atoms with Crippen LogP contribution in [0.3, 0.4) is 0 Å². The third-order valence-corrected chi connectivity index (χ3v) is 5.17. The lowest BCUT2D eigenvalue weighted by molar-refractivity contribution is -0.130. The zero-order valence-electron chi connectivity index (χ0n) is 13.7. The molecular weight excluding hydrogens is 280 g/mol. The molecule has 2 heterocycles. The van der Waals surface area contributed by atoms with Crippen molar-refractivity contribution in [1.82, 2.24) is 10.2 Å². The molecule has 1 saturated heterocycles. The highest BCUT2D eigenvalue weighted by Gasteiger charge is 2.38. The molecule has 1 amide bonds. The number of carbonyl (C=O) groups excluding carboxylic acids is 1. The van der Waals surface area contributed by atoms with Crippen LogP contribution in [-0.4, -0.2) is 23.4 Å². The number of carbonyl (C=O) groups is 1. The van der Waals surface area contributed by atoms with Gasteiger partial charge in [-0.2, -0.15) is 0 Å². The van der Waals surface area contributed by atoms with E-state index in [-0.39, 0.29) is 18.1 Å². The number of nitrogens with one attached hydrogen (secondary N) is 1. The van der Waals surface area contributed by atoms with Crippen molar-refractivity contribution in [3.8, 4) is 0 Å². The first-order valence-electron chi connectivity index (χ1n) is 8.15. The van der Waals surface area contributed by atoms with Crippen molar-refractivity contribution in [2.45, 2.75) is 65.6 Å². The predicted octanol–water partition coefficient (Wildman–Crippen LogP) is 4.09. The molecule has 2 unspecified atom stereocenters. The van der Waals surface area contributed by atoms with Gasteiger partial charge in [-0.3, -0.25) is 10.1 Å². The Balaban J connectivity index is 2.01. The maximum Gasteiger partial charge on any atom is 0.241 e. The van der Waals surface area contributed by atoms with Gasteiger partial charge >= 0.3 is 0 Å². The normalized spacial score (nSPS) is 22.5. The Hall–Kier alpha value is -0.870. The smallest absolute Gasteiger partial charge is 0.241 e. The third kappa shape index (κ3) is 4.07. The molecule has 0 bridgehead atoms. The van der Waals surface area contributed by atoms with Crippen LogP contribution in [0.2, 0.25) is 0 Å². The van der Waals surface area contributed by atoms with E-state index in [4.69, 9.17) is 0 Å². The molecule has 1 aromatic rings. The summed E-state index contributed by atoms with van der Waals surface area (Å²) in [5.74, 6) is 1.02. The van der Waals surface area contributed by atoms with E-state index in [1.807, 2.05) is 0 Å². The molecule has 2 rings (SSSR count). The van der Waals surface area contributed by atoms with Crippen LogP contribution in [0.4, 0.5) is 0 Å². The standard InChI is InChI=1S/C17H28N2OS/c1-5-14-17(20)19(11-7-6-8-12(2)3)16(18-14)15-10-9-13(4)21-15/h9-10,12,14,16,18H,5-8,11H2,1-4H3. The SMILES string of the molecule is CCC1NC(c2ccc(C)s2)N(CCCCC(C)C)C1=O. The Morgan fingerprint density at radius 1 is 1.33 bits per heavy atom. The van der Waals surface area contributed by atoms with Crippen molar-refractivity contribution in [2.75, 3.05) is 6.54 Å². The molecule has 0 saturated carbocycles. The fourth-order valence-corrected chi connectivity index (χ4v) is 3.83. The quantitative estimate of drug-likeness (QED) is 0.769. The van der Waals surface area contributed by atoms with Gasteiger partial charge in [-0.1, -0.05) is 33.6 Å². The second kappa shape index (κ2) is 7.41. The first-order valence-corrected chi connectivity index (χ1v) is 8.97. The number of aryl methyl sites for hydroxylation is 1. The van der Waals surface area contributed by atoms with Crippen molar-refractivity contribution >= 4 is 17.2 Å². The van der Waals surface area contributed by atoms with Gasteiger partial charge in [0.15, 0.2) is 0 Å². The maximum absolute atomic E-state index is 12.5. The van der Waals surface area contributed by atoms with E-state index < -0.39 is 0 Å². The molecule has 4 heteroatoms. The topological polar surface area (TPSA) is 32.3 Å². The number of unbranched alkanes of at least 4 members (excludes halogenated alkanes) is 1. The van der Waals surface area contributed by atoms with Crippen molar-refractivity contribution in [3.63, 3.8) is 0 Å². The first-order chi connectivity index (χ1) is 10.0. The zero-order valence-corrected chi connectivity index (χ0v) is 14.5. The monoisotopic (exact) mass is 308 g/mol. The molecular formula is C17H28N2OS. The van der Waals surface area contributed by atoms with Gasteiger partial charge in [0, 0.05) is 16.3 Å². The van der Waals surface area contributed by atoms with Gasteiger partial charge in [-0.05, 0) is 37.8 Å². The highest BCUT2D eigenvalue weighted by atomic mass is 32.1. The van der Waals surface area contributed by atoms with Gasteiger partial charge in [0.1, 0.15) is 6.17 Å². The summed E-state index contributed by atoms with van der Waals surface area (Å²) in [6, 6.07) is 4.29. The van der Waals surface area contributed by atoms with Gasteiger partial charge in [0.25, 0.3) is 0 Å². The highest BCUT2D eigenvalue weighted by Crippen LogP contribution is 2.31. The van der Waals surface area contributed by atoms with Gasteiger partial charge < -0.3 is 4.90 Å². The summed E-state index contributed by atoms with van der Waals surface area (Å²) >= 11 is 1.79. The van der Waals surface area contributed by atoms with E-state index in [2.05, 4.69) is 50.0 Å². The number of hydrogen-bond donors (Lipinski definition) is 1. The minimum atomic E-state index is -0.0116. The van der Waals surface area contributed by atoms with Crippen molar-refractivity contribution in [1.29, 1.82) is 0 Å². The van der Waals surface area contributed by atoms with E-state index in [1.54, 1.807) is 11.3 Å². The molecule has 0 aromatic carbocycles. The molecule has 0 radical (unpaired) electrons. The summed E-state index contributed by atoms with van der Waals surface area (Å²) in [6.07, 6.45) is 4.50. The van der Waals surface area contributed by atoms with E-state index in [1.165, 1.54) is 22.6 Å². The molecule has 0 aliphatic carbocycles. The molecule has 21 heavy (non-hydrogen) atoms. The molecule has 1 aliphatic rings. The number of rotatable bonds is 7. The summed E-state index contributed by atoms with van der Waals surface area (Å²) in [7, 11) is 0. The van der Waals surface area contributed by atoms with E-state index >= 15 is 0 Å². The van der Waals surface area contributed by atoms with Crippen molar-refractivity contribution in [3.05, 3.63) is 21.9 Å². The fourth-order valence-electron chi connectivity index (χ4n) is 2.88. The fraction of sp³-hybridized carbons (Fsp3) is 0.706. The molecule has 2 atom stereocenters. The van der Waals surface area contributed by atoms with Gasteiger partial charge in [0.05, 0.1) is 6.04 Å². The van der Waals surface area contributed by atoms with Crippen LogP contribution in [0, 0.1) is 12.8 Å². The lowest BCUT2D eigenvalue weighted by Crippen LogP contribution is -2.31. The molecule has 1 aliphatic heterocycles. The zero-order chi connectivity index (χ0) is 15.4. The summed E-state index contributed by atoms with van der Waals surface area (Å²) < 4.78 is 0. The van der Waals surface area contributed by atoms with Crippen molar-refractivity contribution < 1.29 is 4.79 Å². The lowest BCUT2D eigenvalue weighted by Gasteiger charge is -2.23. The summed E-state index contributed by atoms with van der Waals surface area (Å²) in [6.45, 7) is 9.58. The van der Waals surface area contributed by atoms with Gasteiger partial charge in [-0.25, -0.2) is 0 Å². The molecule has 0 spiro atoms. The molecule has 1 N–H and O–H groups in total. The average Bonchev–Trinajstić information content (AvgIpc) is 2.99. The summed E-state index contributed by atoms with van der Waals surface area (Å²) in [5.41, 5.74) is 0.